The summed E-state index contributed by atoms with van der Waals surface area (Å²) in [6.45, 7) is 7.85. The summed E-state index contributed by atoms with van der Waals surface area (Å²) in [5, 5.41) is 3.09. The summed E-state index contributed by atoms with van der Waals surface area (Å²) in [6, 6.07) is 15.3. The molecule has 1 N–H and O–H groups in total. The fourth-order valence-corrected chi connectivity index (χ4v) is 5.51. The van der Waals surface area contributed by atoms with Gasteiger partial charge < -0.3 is 10.1 Å². The Morgan fingerprint density at radius 3 is 2.41 bits per heavy atom. The molecule has 34 heavy (non-hydrogen) atoms. The van der Waals surface area contributed by atoms with Gasteiger partial charge in [-0.2, -0.15) is 0 Å². The number of benzene rings is 2. The number of ether oxygens (including phenoxy) is 1. The summed E-state index contributed by atoms with van der Waals surface area (Å²) in [4.78, 5) is 14.7. The van der Waals surface area contributed by atoms with Gasteiger partial charge in [0.2, 0.25) is 0 Å². The Hall–Kier alpha value is -2.49. The molecule has 1 heterocycles. The molecule has 0 bridgehead atoms. The number of carbonyl (C=O) groups excluding carboxylic acids is 1. The number of amides is 2. The van der Waals surface area contributed by atoms with Gasteiger partial charge in [0.15, 0.2) is 0 Å². The van der Waals surface area contributed by atoms with E-state index >= 15 is 0 Å². The van der Waals surface area contributed by atoms with E-state index in [4.69, 9.17) is 4.74 Å². The lowest BCUT2D eigenvalue weighted by Crippen LogP contribution is -2.47. The number of unbranched alkanes of at least 4 members (excludes halogenated alkanes) is 3. The third kappa shape index (κ3) is 5.95. The average molecular weight is 463 g/mol. The third-order valence-corrected chi connectivity index (χ3v) is 7.71. The lowest BCUT2D eigenvalue weighted by molar-refractivity contribution is 0.205. The van der Waals surface area contributed by atoms with Gasteiger partial charge in [-0.25, -0.2) is 4.79 Å². The fraction of sp³-hybridized carbons (Fsp3) is 0.567. The molecular formula is C30H42N2O2. The van der Waals surface area contributed by atoms with Gasteiger partial charge in [0, 0.05) is 6.54 Å². The molecule has 0 aromatic heterocycles. The Morgan fingerprint density at radius 1 is 0.971 bits per heavy atom. The number of rotatable bonds is 8. The Balaban J connectivity index is 1.43. The Bertz CT molecular complexity index is 931. The second-order valence-corrected chi connectivity index (χ2v) is 10.3. The van der Waals surface area contributed by atoms with Crippen LogP contribution in [-0.2, 0) is 0 Å². The Kier molecular flexibility index (Phi) is 8.53. The molecule has 1 saturated carbocycles. The first-order valence-corrected chi connectivity index (χ1v) is 13.6. The van der Waals surface area contributed by atoms with Crippen molar-refractivity contribution < 1.29 is 9.53 Å². The normalized spacial score (nSPS) is 22.1. The van der Waals surface area contributed by atoms with Crippen LogP contribution in [0.25, 0.3) is 11.1 Å². The van der Waals surface area contributed by atoms with Crippen LogP contribution in [-0.4, -0.2) is 25.2 Å². The number of hydrogen-bond acceptors (Lipinski definition) is 2. The summed E-state index contributed by atoms with van der Waals surface area (Å²) < 4.78 is 6.15. The average Bonchev–Trinajstić information content (AvgIpc) is 2.87. The van der Waals surface area contributed by atoms with Crippen LogP contribution in [0.1, 0.15) is 90.0 Å². The quantitative estimate of drug-likeness (QED) is 0.405. The third-order valence-electron chi connectivity index (χ3n) is 7.71. The lowest BCUT2D eigenvalue weighted by Gasteiger charge is -2.33. The van der Waals surface area contributed by atoms with Crippen LogP contribution in [0.4, 0.5) is 10.5 Å². The van der Waals surface area contributed by atoms with Crippen LogP contribution in [0.3, 0.4) is 0 Å². The van der Waals surface area contributed by atoms with Gasteiger partial charge in [-0.3, -0.25) is 4.90 Å². The van der Waals surface area contributed by atoms with Crippen molar-refractivity contribution in [2.24, 2.45) is 5.92 Å². The molecule has 2 amide bonds. The van der Waals surface area contributed by atoms with E-state index < -0.39 is 0 Å². The van der Waals surface area contributed by atoms with E-state index in [1.54, 1.807) is 0 Å². The zero-order valence-electron chi connectivity index (χ0n) is 21.3. The predicted octanol–water partition coefficient (Wildman–Crippen LogP) is 7.91. The molecule has 184 valence electrons. The highest BCUT2D eigenvalue weighted by Crippen LogP contribution is 2.39. The molecule has 2 aliphatic rings. The standard InChI is InChI=1S/C30H42N2O2/c1-4-6-7-8-19-31-30(33)32-21-22(3)34-29-20-27(17-18-28(29)32)26-15-13-25(14-16-26)24-11-9-23(5-2)10-12-24/h13-18,20,22-24H,4-12,19,21H2,1-3H3,(H,31,33). The van der Waals surface area contributed by atoms with E-state index in [0.717, 1.165) is 42.3 Å². The van der Waals surface area contributed by atoms with Crippen molar-refractivity contribution in [2.45, 2.75) is 90.6 Å². The SMILES string of the molecule is CCCCCCNC(=O)N1CC(C)Oc2cc(-c3ccc(C4CCC(CC)CC4)cc3)ccc21. The summed E-state index contributed by atoms with van der Waals surface area (Å²) in [5.41, 5.74) is 4.66. The van der Waals surface area contributed by atoms with E-state index in [-0.39, 0.29) is 12.1 Å². The van der Waals surface area contributed by atoms with E-state index in [2.05, 4.69) is 55.6 Å². The smallest absolute Gasteiger partial charge is 0.322 e. The molecule has 1 unspecified atom stereocenters. The topological polar surface area (TPSA) is 41.6 Å². The second kappa shape index (κ2) is 11.8. The number of anilines is 1. The molecule has 2 aromatic rings. The van der Waals surface area contributed by atoms with Gasteiger partial charge in [0.1, 0.15) is 11.9 Å². The van der Waals surface area contributed by atoms with Gasteiger partial charge in [-0.05, 0) is 79.7 Å². The second-order valence-electron chi connectivity index (χ2n) is 10.3. The summed E-state index contributed by atoms with van der Waals surface area (Å²) in [6.07, 6.45) is 11.3. The summed E-state index contributed by atoms with van der Waals surface area (Å²) in [7, 11) is 0. The van der Waals surface area contributed by atoms with Crippen molar-refractivity contribution in [3.8, 4) is 16.9 Å². The number of fused-ring (bicyclic) bond motifs is 1. The van der Waals surface area contributed by atoms with Crippen LogP contribution >= 0.6 is 0 Å². The minimum atomic E-state index is -0.0331. The van der Waals surface area contributed by atoms with Gasteiger partial charge in [-0.15, -0.1) is 0 Å². The fourth-order valence-electron chi connectivity index (χ4n) is 5.51. The van der Waals surface area contributed by atoms with Crippen LogP contribution in [0, 0.1) is 5.92 Å². The zero-order valence-corrected chi connectivity index (χ0v) is 21.3. The van der Waals surface area contributed by atoms with Gasteiger partial charge in [0.05, 0.1) is 12.2 Å². The van der Waals surface area contributed by atoms with E-state index in [1.165, 1.54) is 56.1 Å². The van der Waals surface area contributed by atoms with E-state index in [0.29, 0.717) is 12.5 Å². The zero-order chi connectivity index (χ0) is 23.9. The molecule has 1 fully saturated rings. The highest BCUT2D eigenvalue weighted by molar-refractivity contribution is 5.94. The molecule has 1 aliphatic carbocycles. The van der Waals surface area contributed by atoms with E-state index in [9.17, 15) is 4.79 Å². The van der Waals surface area contributed by atoms with Gasteiger partial charge in [-0.1, -0.05) is 69.9 Å². The molecular weight excluding hydrogens is 420 g/mol. The maximum atomic E-state index is 12.9. The highest BCUT2D eigenvalue weighted by atomic mass is 16.5. The maximum Gasteiger partial charge on any atom is 0.322 e. The molecule has 1 atom stereocenters. The Morgan fingerprint density at radius 2 is 1.71 bits per heavy atom. The summed E-state index contributed by atoms with van der Waals surface area (Å²) in [5.74, 6) is 2.43. The minimum absolute atomic E-state index is 0.0252. The molecule has 2 aromatic carbocycles. The summed E-state index contributed by atoms with van der Waals surface area (Å²) >= 11 is 0. The van der Waals surface area contributed by atoms with Crippen molar-refractivity contribution in [1.82, 2.24) is 5.32 Å². The van der Waals surface area contributed by atoms with Crippen molar-refractivity contribution in [3.05, 3.63) is 48.0 Å². The molecule has 4 nitrogen and oxygen atoms in total. The van der Waals surface area contributed by atoms with Gasteiger partial charge in [0.25, 0.3) is 0 Å². The molecule has 1 aliphatic heterocycles. The first kappa shape index (κ1) is 24.6. The van der Waals surface area contributed by atoms with Crippen LogP contribution in [0.2, 0.25) is 0 Å². The molecule has 4 rings (SSSR count). The van der Waals surface area contributed by atoms with Crippen molar-refractivity contribution in [2.75, 3.05) is 18.0 Å². The maximum absolute atomic E-state index is 12.9. The monoisotopic (exact) mass is 462 g/mol. The largest absolute Gasteiger partial charge is 0.487 e. The van der Waals surface area contributed by atoms with Crippen molar-refractivity contribution in [3.63, 3.8) is 0 Å². The van der Waals surface area contributed by atoms with Crippen LogP contribution < -0.4 is 15.0 Å². The minimum Gasteiger partial charge on any atom is -0.487 e. The Labute approximate surface area is 206 Å². The lowest BCUT2D eigenvalue weighted by atomic mass is 9.77. The molecule has 0 radical (unpaired) electrons. The van der Waals surface area contributed by atoms with Crippen molar-refractivity contribution in [1.29, 1.82) is 0 Å². The molecule has 0 spiro atoms. The van der Waals surface area contributed by atoms with Crippen LogP contribution in [0.5, 0.6) is 5.75 Å². The number of carbonyl (C=O) groups is 1. The highest BCUT2D eigenvalue weighted by Gasteiger charge is 2.28. The predicted molar refractivity (Wildman–Crippen MR) is 142 cm³/mol. The first-order valence-electron chi connectivity index (χ1n) is 13.6. The molecule has 4 heteroatoms. The van der Waals surface area contributed by atoms with Crippen LogP contribution in [0.15, 0.2) is 42.5 Å². The number of nitrogens with zero attached hydrogens (tertiary/aromatic N) is 1. The first-order chi connectivity index (χ1) is 16.6. The number of nitrogens with one attached hydrogen (secondary N) is 1. The molecule has 0 saturated heterocycles. The van der Waals surface area contributed by atoms with E-state index in [1.807, 2.05) is 17.9 Å². The number of hydrogen-bond donors (Lipinski definition) is 1. The van der Waals surface area contributed by atoms with Gasteiger partial charge >= 0.3 is 6.03 Å². The number of urea groups is 1. The van der Waals surface area contributed by atoms with Crippen molar-refractivity contribution >= 4 is 11.7 Å².